The predicted molar refractivity (Wildman–Crippen MR) is 95.0 cm³/mol. The molecular weight excluding hydrogens is 383 g/mol. The van der Waals surface area contributed by atoms with Gasteiger partial charge in [0.15, 0.2) is 0 Å². The Kier molecular flexibility index (Phi) is 5.58. The molecule has 0 saturated carbocycles. The second-order valence-electron chi connectivity index (χ2n) is 5.12. The number of carbonyl (C=O) groups excluding carboxylic acids is 1. The summed E-state index contributed by atoms with van der Waals surface area (Å²) in [7, 11) is 0. The molecule has 9 heteroatoms. The molecule has 0 radical (unpaired) electrons. The van der Waals surface area contributed by atoms with E-state index in [1.807, 2.05) is 36.4 Å². The second-order valence-corrected chi connectivity index (χ2v) is 7.28. The van der Waals surface area contributed by atoms with Crippen molar-refractivity contribution in [2.24, 2.45) is 0 Å². The van der Waals surface area contributed by atoms with Crippen molar-refractivity contribution in [2.45, 2.75) is 16.3 Å². The highest BCUT2D eigenvalue weighted by atomic mass is 32.2. The summed E-state index contributed by atoms with van der Waals surface area (Å²) in [6.45, 7) is 0. The van der Waals surface area contributed by atoms with Crippen LogP contribution in [0.1, 0.15) is 15.8 Å². The normalized spacial score (nSPS) is 12.6. The maximum absolute atomic E-state index is 12.7. The van der Waals surface area contributed by atoms with Crippen LogP contribution in [0.4, 0.5) is 18.3 Å². The van der Waals surface area contributed by atoms with E-state index in [0.717, 1.165) is 10.5 Å². The largest absolute Gasteiger partial charge is 0.445 e. The number of hydrogen-bond acceptors (Lipinski definition) is 5. The number of anilines is 1. The third-order valence-electron chi connectivity index (χ3n) is 3.24. The molecule has 0 unspecified atom stereocenters. The number of carbonyl (C=O) groups is 1. The van der Waals surface area contributed by atoms with Gasteiger partial charge < -0.3 is 0 Å². The number of nitrogens with one attached hydrogen (secondary N) is 1. The van der Waals surface area contributed by atoms with Crippen LogP contribution in [0.2, 0.25) is 0 Å². The van der Waals surface area contributed by atoms with Crippen LogP contribution in [0, 0.1) is 0 Å². The highest BCUT2D eigenvalue weighted by Crippen LogP contribution is 2.37. The second kappa shape index (κ2) is 7.88. The average Bonchev–Trinajstić information content (AvgIpc) is 3.10. The van der Waals surface area contributed by atoms with Crippen LogP contribution in [0.3, 0.4) is 0 Å². The lowest BCUT2D eigenvalue weighted by atomic mass is 10.1. The number of hydrogen-bond donors (Lipinski definition) is 1. The summed E-state index contributed by atoms with van der Waals surface area (Å²) in [6, 6.07) is 18.3. The Balaban J connectivity index is 1.82. The molecular formula is C17H12F3N3OS2. The number of rotatable bonds is 5. The molecule has 0 spiro atoms. The molecule has 1 amide bonds. The van der Waals surface area contributed by atoms with Crippen LogP contribution in [0.5, 0.6) is 0 Å². The van der Waals surface area contributed by atoms with Gasteiger partial charge in [0.05, 0.1) is 0 Å². The zero-order chi connectivity index (χ0) is 18.6. The molecule has 1 aromatic heterocycles. The third kappa shape index (κ3) is 4.61. The molecule has 0 aliphatic carbocycles. The van der Waals surface area contributed by atoms with Crippen LogP contribution in [0.25, 0.3) is 0 Å². The third-order valence-corrected chi connectivity index (χ3v) is 5.39. The van der Waals surface area contributed by atoms with Crippen molar-refractivity contribution in [3.8, 4) is 0 Å². The molecule has 4 nitrogen and oxygen atoms in total. The van der Waals surface area contributed by atoms with E-state index < -0.39 is 22.3 Å². The van der Waals surface area contributed by atoms with Gasteiger partial charge in [-0.05, 0) is 17.7 Å². The lowest BCUT2D eigenvalue weighted by molar-refractivity contribution is -0.138. The summed E-state index contributed by atoms with van der Waals surface area (Å²) in [5, 5.41) is 7.01. The summed E-state index contributed by atoms with van der Waals surface area (Å²) in [4.78, 5) is 13.6. The molecule has 2 aromatic carbocycles. The summed E-state index contributed by atoms with van der Waals surface area (Å²) >= 11 is 1.60. The van der Waals surface area contributed by atoms with E-state index in [9.17, 15) is 18.0 Å². The van der Waals surface area contributed by atoms with E-state index in [1.54, 1.807) is 24.3 Å². The maximum atomic E-state index is 12.7. The fraction of sp³-hybridized carbons (Fsp3) is 0.118. The van der Waals surface area contributed by atoms with Crippen molar-refractivity contribution in [2.75, 3.05) is 5.32 Å². The molecule has 26 heavy (non-hydrogen) atoms. The quantitative estimate of drug-likeness (QED) is 0.616. The Labute approximate surface area is 155 Å². The van der Waals surface area contributed by atoms with Gasteiger partial charge in [0, 0.05) is 4.90 Å². The molecule has 0 bridgehead atoms. The van der Waals surface area contributed by atoms with Crippen molar-refractivity contribution in [1.82, 2.24) is 10.2 Å². The SMILES string of the molecule is O=C(Nc1nnc(C(F)(F)F)s1)[C@H](Sc1ccccc1)c1ccccc1. The van der Waals surface area contributed by atoms with Gasteiger partial charge in [-0.3, -0.25) is 10.1 Å². The highest BCUT2D eigenvalue weighted by Gasteiger charge is 2.36. The number of alkyl halides is 3. The van der Waals surface area contributed by atoms with Gasteiger partial charge in [-0.2, -0.15) is 13.2 Å². The monoisotopic (exact) mass is 395 g/mol. The minimum atomic E-state index is -4.59. The highest BCUT2D eigenvalue weighted by molar-refractivity contribution is 8.00. The maximum Gasteiger partial charge on any atom is 0.445 e. The number of benzene rings is 2. The van der Waals surface area contributed by atoms with Crippen LogP contribution in [-0.2, 0) is 11.0 Å². The molecule has 3 rings (SSSR count). The minimum absolute atomic E-state index is 0.183. The first kappa shape index (κ1) is 18.4. The van der Waals surface area contributed by atoms with Gasteiger partial charge >= 0.3 is 6.18 Å². The Bertz CT molecular complexity index is 870. The molecule has 0 aliphatic heterocycles. The van der Waals surface area contributed by atoms with Crippen molar-refractivity contribution >= 4 is 34.1 Å². The molecule has 134 valence electrons. The first-order chi connectivity index (χ1) is 12.4. The van der Waals surface area contributed by atoms with Crippen LogP contribution < -0.4 is 5.32 Å². The summed E-state index contributed by atoms with van der Waals surface area (Å²) in [6.07, 6.45) is -4.59. The van der Waals surface area contributed by atoms with Gasteiger partial charge in [-0.25, -0.2) is 0 Å². The zero-order valence-electron chi connectivity index (χ0n) is 13.1. The molecule has 1 heterocycles. The minimum Gasteiger partial charge on any atom is -0.299 e. The number of amides is 1. The first-order valence-corrected chi connectivity index (χ1v) is 9.11. The lowest BCUT2D eigenvalue weighted by Gasteiger charge is -2.16. The number of nitrogens with zero attached hydrogens (tertiary/aromatic N) is 2. The van der Waals surface area contributed by atoms with Crippen LogP contribution in [0.15, 0.2) is 65.6 Å². The number of thioether (sulfide) groups is 1. The topological polar surface area (TPSA) is 54.9 Å². The van der Waals surface area contributed by atoms with E-state index in [4.69, 9.17) is 0 Å². The Morgan fingerprint density at radius 3 is 2.19 bits per heavy atom. The molecule has 1 atom stereocenters. The van der Waals surface area contributed by atoms with Gasteiger partial charge in [-0.15, -0.1) is 22.0 Å². The van der Waals surface area contributed by atoms with Gasteiger partial charge in [0.25, 0.3) is 0 Å². The van der Waals surface area contributed by atoms with E-state index >= 15 is 0 Å². The van der Waals surface area contributed by atoms with Crippen LogP contribution >= 0.6 is 23.1 Å². The Morgan fingerprint density at radius 2 is 1.62 bits per heavy atom. The van der Waals surface area contributed by atoms with E-state index in [-0.39, 0.29) is 5.13 Å². The van der Waals surface area contributed by atoms with Crippen molar-refractivity contribution in [3.63, 3.8) is 0 Å². The number of halogens is 3. The van der Waals surface area contributed by atoms with Crippen LogP contribution in [-0.4, -0.2) is 16.1 Å². The summed E-state index contributed by atoms with van der Waals surface area (Å²) < 4.78 is 37.9. The average molecular weight is 395 g/mol. The van der Waals surface area contributed by atoms with Crippen molar-refractivity contribution in [3.05, 3.63) is 71.2 Å². The fourth-order valence-electron chi connectivity index (χ4n) is 2.10. The number of aromatic nitrogens is 2. The molecule has 0 aliphatic rings. The Morgan fingerprint density at radius 1 is 1.00 bits per heavy atom. The molecule has 3 aromatic rings. The smallest absolute Gasteiger partial charge is 0.299 e. The first-order valence-electron chi connectivity index (χ1n) is 7.42. The molecule has 0 saturated heterocycles. The van der Waals surface area contributed by atoms with Gasteiger partial charge in [-0.1, -0.05) is 59.9 Å². The van der Waals surface area contributed by atoms with Crippen molar-refractivity contribution < 1.29 is 18.0 Å². The predicted octanol–water partition coefficient (Wildman–Crippen LogP) is 5.03. The van der Waals surface area contributed by atoms with Gasteiger partial charge in [0.1, 0.15) is 5.25 Å². The molecule has 0 fully saturated rings. The standard InChI is InChI=1S/C17H12F3N3OS2/c18-17(19,20)15-22-23-16(26-15)21-14(24)13(11-7-3-1-4-8-11)25-12-9-5-2-6-10-12/h1-10,13H,(H,21,23,24)/t13-/m1/s1. The zero-order valence-corrected chi connectivity index (χ0v) is 14.7. The fourth-order valence-corrected chi connectivity index (χ4v) is 3.75. The lowest BCUT2D eigenvalue weighted by Crippen LogP contribution is -2.18. The summed E-state index contributed by atoms with van der Waals surface area (Å²) in [5.74, 6) is -0.463. The molecule has 1 N–H and O–H groups in total. The van der Waals surface area contributed by atoms with E-state index in [2.05, 4.69) is 15.5 Å². The summed E-state index contributed by atoms with van der Waals surface area (Å²) in [5.41, 5.74) is 0.736. The van der Waals surface area contributed by atoms with E-state index in [0.29, 0.717) is 11.3 Å². The van der Waals surface area contributed by atoms with Gasteiger partial charge in [0.2, 0.25) is 16.0 Å². The van der Waals surface area contributed by atoms with E-state index in [1.165, 1.54) is 11.8 Å². The Hall–Kier alpha value is -2.39. The van der Waals surface area contributed by atoms with Crippen molar-refractivity contribution in [1.29, 1.82) is 0 Å².